The van der Waals surface area contributed by atoms with Crippen LogP contribution in [0.25, 0.3) is 0 Å². The molecule has 6 heteroatoms. The lowest BCUT2D eigenvalue weighted by molar-refractivity contribution is -0.0928. The van der Waals surface area contributed by atoms with Gasteiger partial charge >= 0.3 is 6.03 Å². The number of phenolic OH excluding ortho intramolecular Hbond substituents is 1. The molecule has 27 heavy (non-hydrogen) atoms. The van der Waals surface area contributed by atoms with Gasteiger partial charge in [-0.05, 0) is 43.4 Å². The van der Waals surface area contributed by atoms with Gasteiger partial charge in [-0.2, -0.15) is 0 Å². The van der Waals surface area contributed by atoms with E-state index in [-0.39, 0.29) is 17.7 Å². The monoisotopic (exact) mass is 373 g/mol. The van der Waals surface area contributed by atoms with Crippen LogP contribution in [0.3, 0.4) is 0 Å². The van der Waals surface area contributed by atoms with Gasteiger partial charge in [0.2, 0.25) is 0 Å². The summed E-state index contributed by atoms with van der Waals surface area (Å²) in [7, 11) is 0. The summed E-state index contributed by atoms with van der Waals surface area (Å²) >= 11 is 0. The lowest BCUT2D eigenvalue weighted by atomic mass is 10.00. The van der Waals surface area contributed by atoms with E-state index in [9.17, 15) is 9.90 Å². The molecule has 0 aromatic heterocycles. The Bertz CT molecular complexity index is 652. The van der Waals surface area contributed by atoms with Crippen LogP contribution >= 0.6 is 0 Å². The van der Waals surface area contributed by atoms with E-state index in [1.807, 2.05) is 23.1 Å². The average Bonchev–Trinajstić information content (AvgIpc) is 3.11. The van der Waals surface area contributed by atoms with Crippen LogP contribution in [0.1, 0.15) is 44.1 Å². The van der Waals surface area contributed by atoms with E-state index in [0.29, 0.717) is 18.9 Å². The molecule has 1 aliphatic carbocycles. The molecule has 1 aromatic carbocycles. The van der Waals surface area contributed by atoms with Gasteiger partial charge in [-0.1, -0.05) is 25.0 Å². The third-order valence-electron chi connectivity index (χ3n) is 6.28. The second-order valence-electron chi connectivity index (χ2n) is 8.33. The molecule has 1 saturated carbocycles. The normalized spacial score (nSPS) is 23.6. The zero-order valence-electron chi connectivity index (χ0n) is 16.0. The van der Waals surface area contributed by atoms with Gasteiger partial charge in [0.05, 0.1) is 18.8 Å². The maximum Gasteiger partial charge on any atom is 0.317 e. The highest BCUT2D eigenvalue weighted by molar-refractivity contribution is 5.74. The summed E-state index contributed by atoms with van der Waals surface area (Å²) in [5, 5.41) is 12.9. The van der Waals surface area contributed by atoms with Gasteiger partial charge in [-0.3, -0.25) is 4.90 Å². The van der Waals surface area contributed by atoms with Crippen molar-refractivity contribution in [3.63, 3.8) is 0 Å². The SMILES string of the molecule is O=C(NC1CCN(Cc2cccc(O)c2)CC1)N1CCOC2(CCCC2)C1. The van der Waals surface area contributed by atoms with Gasteiger partial charge < -0.3 is 20.1 Å². The van der Waals surface area contributed by atoms with Crippen molar-refractivity contribution in [3.05, 3.63) is 29.8 Å². The quantitative estimate of drug-likeness (QED) is 0.855. The molecule has 6 nitrogen and oxygen atoms in total. The Kier molecular flexibility index (Phi) is 5.55. The van der Waals surface area contributed by atoms with Crippen LogP contribution in [0, 0.1) is 0 Å². The molecule has 2 aliphatic heterocycles. The maximum atomic E-state index is 12.7. The number of benzene rings is 1. The average molecular weight is 373 g/mol. The molecule has 4 rings (SSSR count). The summed E-state index contributed by atoms with van der Waals surface area (Å²) in [5.74, 6) is 0.320. The van der Waals surface area contributed by atoms with Crippen LogP contribution in [0.15, 0.2) is 24.3 Å². The number of ether oxygens (including phenoxy) is 1. The Labute approximate surface area is 161 Å². The van der Waals surface area contributed by atoms with Crippen molar-refractivity contribution in [2.45, 2.75) is 56.7 Å². The van der Waals surface area contributed by atoms with Crippen molar-refractivity contribution in [1.29, 1.82) is 0 Å². The predicted molar refractivity (Wildman–Crippen MR) is 104 cm³/mol. The molecule has 2 saturated heterocycles. The highest BCUT2D eigenvalue weighted by Gasteiger charge is 2.40. The van der Waals surface area contributed by atoms with Crippen LogP contribution in [0.4, 0.5) is 4.79 Å². The summed E-state index contributed by atoms with van der Waals surface area (Å²) < 4.78 is 6.03. The second-order valence-corrected chi connectivity index (χ2v) is 8.33. The van der Waals surface area contributed by atoms with E-state index in [1.165, 1.54) is 12.8 Å². The number of amides is 2. The smallest absolute Gasteiger partial charge is 0.317 e. The number of piperidine rings is 1. The number of morpholine rings is 1. The number of likely N-dealkylation sites (tertiary alicyclic amines) is 1. The minimum atomic E-state index is -0.0692. The molecular formula is C21H31N3O3. The Morgan fingerprint density at radius 3 is 2.74 bits per heavy atom. The third-order valence-corrected chi connectivity index (χ3v) is 6.28. The molecule has 0 atom stereocenters. The van der Waals surface area contributed by atoms with Crippen molar-refractivity contribution in [1.82, 2.24) is 15.1 Å². The number of nitrogens with zero attached hydrogens (tertiary/aromatic N) is 2. The van der Waals surface area contributed by atoms with Crippen molar-refractivity contribution < 1.29 is 14.6 Å². The van der Waals surface area contributed by atoms with Gasteiger partial charge in [-0.15, -0.1) is 0 Å². The highest BCUT2D eigenvalue weighted by atomic mass is 16.5. The number of hydrogen-bond acceptors (Lipinski definition) is 4. The van der Waals surface area contributed by atoms with Crippen LogP contribution in [0.5, 0.6) is 5.75 Å². The second kappa shape index (κ2) is 8.07. The first-order valence-corrected chi connectivity index (χ1v) is 10.3. The van der Waals surface area contributed by atoms with E-state index >= 15 is 0 Å². The molecule has 2 heterocycles. The Hall–Kier alpha value is -1.79. The lowest BCUT2D eigenvalue weighted by Crippen LogP contribution is -2.57. The zero-order valence-corrected chi connectivity index (χ0v) is 16.0. The first-order chi connectivity index (χ1) is 13.1. The highest BCUT2D eigenvalue weighted by Crippen LogP contribution is 2.35. The van der Waals surface area contributed by atoms with Gasteiger partial charge in [-0.25, -0.2) is 4.79 Å². The number of hydrogen-bond donors (Lipinski definition) is 2. The zero-order chi connectivity index (χ0) is 18.7. The largest absolute Gasteiger partial charge is 0.508 e. The molecule has 0 bridgehead atoms. The summed E-state index contributed by atoms with van der Waals surface area (Å²) in [6.45, 7) is 4.89. The number of urea groups is 1. The number of phenols is 1. The summed E-state index contributed by atoms with van der Waals surface area (Å²) in [4.78, 5) is 17.1. The molecule has 0 radical (unpaired) electrons. The molecule has 3 aliphatic rings. The minimum Gasteiger partial charge on any atom is -0.508 e. The summed E-state index contributed by atoms with van der Waals surface area (Å²) in [5.41, 5.74) is 1.06. The molecule has 1 aromatic rings. The molecule has 2 N–H and O–H groups in total. The molecule has 0 unspecified atom stereocenters. The minimum absolute atomic E-state index is 0.0692. The van der Waals surface area contributed by atoms with E-state index in [2.05, 4.69) is 10.2 Å². The van der Waals surface area contributed by atoms with Crippen molar-refractivity contribution >= 4 is 6.03 Å². The number of rotatable bonds is 3. The van der Waals surface area contributed by atoms with Crippen LogP contribution in [-0.4, -0.2) is 65.4 Å². The van der Waals surface area contributed by atoms with Crippen LogP contribution < -0.4 is 5.32 Å². The maximum absolute atomic E-state index is 12.7. The van der Waals surface area contributed by atoms with E-state index < -0.39 is 0 Å². The molecule has 3 fully saturated rings. The van der Waals surface area contributed by atoms with Gasteiger partial charge in [0.25, 0.3) is 0 Å². The standard InChI is InChI=1S/C21H31N3O3/c25-19-5-3-4-17(14-19)15-23-10-6-18(7-11-23)22-20(26)24-12-13-27-21(16-24)8-1-2-9-21/h3-5,14,18,25H,1-2,6-13,15-16H2,(H,22,26). The van der Waals surface area contributed by atoms with E-state index in [0.717, 1.165) is 57.4 Å². The van der Waals surface area contributed by atoms with Crippen molar-refractivity contribution in [2.75, 3.05) is 32.8 Å². The van der Waals surface area contributed by atoms with Crippen LogP contribution in [-0.2, 0) is 11.3 Å². The Morgan fingerprint density at radius 2 is 2.00 bits per heavy atom. The summed E-state index contributed by atoms with van der Waals surface area (Å²) in [6, 6.07) is 7.79. The topological polar surface area (TPSA) is 65.0 Å². The van der Waals surface area contributed by atoms with Gasteiger partial charge in [0, 0.05) is 32.2 Å². The first kappa shape index (κ1) is 18.6. The number of carbonyl (C=O) groups is 1. The lowest BCUT2D eigenvalue weighted by Gasteiger charge is -2.41. The van der Waals surface area contributed by atoms with Crippen molar-refractivity contribution in [2.24, 2.45) is 0 Å². The fourth-order valence-electron chi connectivity index (χ4n) is 4.75. The summed E-state index contributed by atoms with van der Waals surface area (Å²) in [6.07, 6.45) is 6.55. The first-order valence-electron chi connectivity index (χ1n) is 10.3. The van der Waals surface area contributed by atoms with E-state index in [4.69, 9.17) is 4.74 Å². The van der Waals surface area contributed by atoms with Gasteiger partial charge in [0.15, 0.2) is 0 Å². The number of carbonyl (C=O) groups excluding carboxylic acids is 1. The van der Waals surface area contributed by atoms with Crippen LogP contribution in [0.2, 0.25) is 0 Å². The van der Waals surface area contributed by atoms with E-state index in [1.54, 1.807) is 6.07 Å². The molecular weight excluding hydrogens is 342 g/mol. The van der Waals surface area contributed by atoms with Crippen molar-refractivity contribution in [3.8, 4) is 5.75 Å². The number of aromatic hydroxyl groups is 1. The van der Waals surface area contributed by atoms with Gasteiger partial charge in [0.1, 0.15) is 5.75 Å². The molecule has 2 amide bonds. The Balaban J connectivity index is 1.23. The fraction of sp³-hybridized carbons (Fsp3) is 0.667. The molecule has 1 spiro atoms. The molecule has 148 valence electrons. The number of nitrogens with one attached hydrogen (secondary N) is 1. The predicted octanol–water partition coefficient (Wildman–Crippen LogP) is 2.71. The third kappa shape index (κ3) is 4.55. The Morgan fingerprint density at radius 1 is 1.22 bits per heavy atom. The fourth-order valence-corrected chi connectivity index (χ4v) is 4.75.